The van der Waals surface area contributed by atoms with E-state index >= 15 is 0 Å². The standard InChI is InChI=1S/C31H37N2O5.HI/c1-3-32-18-11-10-16-28(32)21-33(24(2)34)31(35)38-23-25-20-30(37-22-25)36-19-17-29(26-12-6-4-7-13-26)27-14-8-5-9-15-27;/h4-16,18,25,29-30H,3,17,19-23H2,1-2H3;1H/q+1;/p-1. The predicted molar refractivity (Wildman–Crippen MR) is 143 cm³/mol. The van der Waals surface area contributed by atoms with E-state index in [2.05, 4.69) is 48.5 Å². The molecule has 8 heteroatoms. The second kappa shape index (κ2) is 15.7. The quantitative estimate of drug-likeness (QED) is 0.237. The molecule has 1 aromatic heterocycles. The Kier molecular flexibility index (Phi) is 12.4. The fourth-order valence-electron chi connectivity index (χ4n) is 4.79. The van der Waals surface area contributed by atoms with Crippen molar-refractivity contribution in [3.8, 4) is 0 Å². The Hall–Kier alpha value is -2.82. The molecular formula is C31H37IN2O5. The van der Waals surface area contributed by atoms with Crippen LogP contribution in [0.15, 0.2) is 85.1 Å². The molecule has 1 fully saturated rings. The van der Waals surface area contributed by atoms with Crippen LogP contribution >= 0.6 is 0 Å². The molecule has 0 aliphatic carbocycles. The van der Waals surface area contributed by atoms with Crippen LogP contribution in [0.2, 0.25) is 0 Å². The summed E-state index contributed by atoms with van der Waals surface area (Å²) in [6, 6.07) is 26.6. The molecule has 0 spiro atoms. The van der Waals surface area contributed by atoms with E-state index in [9.17, 15) is 9.59 Å². The van der Waals surface area contributed by atoms with Crippen LogP contribution in [0.3, 0.4) is 0 Å². The molecule has 2 atom stereocenters. The number of carbonyl (C=O) groups excluding carboxylic acids is 2. The zero-order valence-corrected chi connectivity index (χ0v) is 24.7. The fourth-order valence-corrected chi connectivity index (χ4v) is 4.79. The highest BCUT2D eigenvalue weighted by Gasteiger charge is 2.30. The van der Waals surface area contributed by atoms with Gasteiger partial charge in [-0.05, 0) is 24.5 Å². The number of nitrogens with zero attached hydrogens (tertiary/aromatic N) is 2. The van der Waals surface area contributed by atoms with Crippen LogP contribution in [0.4, 0.5) is 4.79 Å². The van der Waals surface area contributed by atoms with Gasteiger partial charge in [0.15, 0.2) is 12.5 Å². The van der Waals surface area contributed by atoms with Gasteiger partial charge in [0, 0.05) is 37.3 Å². The number of imide groups is 1. The molecule has 0 radical (unpaired) electrons. The van der Waals surface area contributed by atoms with E-state index in [1.165, 1.54) is 18.1 Å². The van der Waals surface area contributed by atoms with E-state index in [1.807, 2.05) is 48.0 Å². The highest BCUT2D eigenvalue weighted by molar-refractivity contribution is 5.90. The maximum Gasteiger partial charge on any atom is 0.417 e. The van der Waals surface area contributed by atoms with E-state index in [1.54, 1.807) is 0 Å². The first-order valence-corrected chi connectivity index (χ1v) is 13.3. The zero-order valence-electron chi connectivity index (χ0n) is 22.6. The molecular weight excluding hydrogens is 607 g/mol. The van der Waals surface area contributed by atoms with Crippen molar-refractivity contribution < 1.29 is 52.3 Å². The van der Waals surface area contributed by atoms with Gasteiger partial charge in [0.2, 0.25) is 11.6 Å². The minimum Gasteiger partial charge on any atom is -1.00 e. The summed E-state index contributed by atoms with van der Waals surface area (Å²) in [5.41, 5.74) is 3.38. The predicted octanol–water partition coefficient (Wildman–Crippen LogP) is 2.08. The fraction of sp³-hybridized carbons (Fsp3) is 0.387. The van der Waals surface area contributed by atoms with Gasteiger partial charge in [-0.15, -0.1) is 0 Å². The molecule has 2 aromatic carbocycles. The van der Waals surface area contributed by atoms with E-state index in [-0.39, 0.29) is 61.2 Å². The first kappa shape index (κ1) is 30.7. The van der Waals surface area contributed by atoms with Crippen molar-refractivity contribution in [3.63, 3.8) is 0 Å². The van der Waals surface area contributed by atoms with E-state index in [0.717, 1.165) is 23.6 Å². The maximum atomic E-state index is 12.7. The minimum absolute atomic E-state index is 0. The molecule has 2 unspecified atom stereocenters. The summed E-state index contributed by atoms with van der Waals surface area (Å²) < 4.78 is 19.4. The number of hydrogen-bond acceptors (Lipinski definition) is 5. The van der Waals surface area contributed by atoms with Crippen molar-refractivity contribution in [1.29, 1.82) is 0 Å². The molecule has 208 valence electrons. The highest BCUT2D eigenvalue weighted by Crippen LogP contribution is 2.29. The van der Waals surface area contributed by atoms with Crippen molar-refractivity contribution in [3.05, 3.63) is 102 Å². The number of amides is 2. The highest BCUT2D eigenvalue weighted by atomic mass is 127. The number of hydrogen-bond donors (Lipinski definition) is 0. The lowest BCUT2D eigenvalue weighted by Crippen LogP contribution is -3.00. The van der Waals surface area contributed by atoms with Gasteiger partial charge >= 0.3 is 6.09 Å². The topological polar surface area (TPSA) is 69.0 Å². The number of carbonyl (C=O) groups is 2. The zero-order chi connectivity index (χ0) is 26.7. The van der Waals surface area contributed by atoms with Crippen LogP contribution in [0.1, 0.15) is 49.4 Å². The Morgan fingerprint density at radius 3 is 2.26 bits per heavy atom. The van der Waals surface area contributed by atoms with Crippen molar-refractivity contribution in [1.82, 2.24) is 4.90 Å². The van der Waals surface area contributed by atoms with Gasteiger partial charge in [-0.2, -0.15) is 0 Å². The van der Waals surface area contributed by atoms with Gasteiger partial charge in [0.1, 0.15) is 13.1 Å². The monoisotopic (exact) mass is 644 g/mol. The summed E-state index contributed by atoms with van der Waals surface area (Å²) in [5.74, 6) is -0.0880. The molecule has 2 heterocycles. The van der Waals surface area contributed by atoms with E-state index in [4.69, 9.17) is 14.2 Å². The van der Waals surface area contributed by atoms with E-state index in [0.29, 0.717) is 19.6 Å². The lowest BCUT2D eigenvalue weighted by atomic mass is 9.89. The Bertz CT molecular complexity index is 1140. The Morgan fingerprint density at radius 1 is 1.00 bits per heavy atom. The van der Waals surface area contributed by atoms with Crippen molar-refractivity contribution >= 4 is 12.0 Å². The summed E-state index contributed by atoms with van der Waals surface area (Å²) >= 11 is 0. The Labute approximate surface area is 248 Å². The van der Waals surface area contributed by atoms with Crippen LogP contribution in [-0.4, -0.2) is 43.0 Å². The molecule has 0 bridgehead atoms. The Morgan fingerprint density at radius 2 is 1.64 bits per heavy atom. The largest absolute Gasteiger partial charge is 1.00 e. The summed E-state index contributed by atoms with van der Waals surface area (Å²) in [6.45, 7) is 5.49. The molecule has 0 N–H and O–H groups in total. The number of halogens is 1. The lowest BCUT2D eigenvalue weighted by Gasteiger charge is -2.20. The third-order valence-corrected chi connectivity index (χ3v) is 6.90. The number of aromatic nitrogens is 1. The van der Waals surface area contributed by atoms with Crippen LogP contribution in [0.25, 0.3) is 0 Å². The van der Waals surface area contributed by atoms with Crippen LogP contribution < -0.4 is 28.5 Å². The molecule has 4 rings (SSSR count). The second-order valence-electron chi connectivity index (χ2n) is 9.56. The summed E-state index contributed by atoms with van der Waals surface area (Å²) in [4.78, 5) is 26.1. The van der Waals surface area contributed by atoms with Crippen LogP contribution in [-0.2, 0) is 32.1 Å². The van der Waals surface area contributed by atoms with Crippen molar-refractivity contribution in [2.75, 3.05) is 19.8 Å². The first-order valence-electron chi connectivity index (χ1n) is 13.3. The summed E-state index contributed by atoms with van der Waals surface area (Å²) in [7, 11) is 0. The molecule has 1 aliphatic rings. The lowest BCUT2D eigenvalue weighted by molar-refractivity contribution is -0.701. The van der Waals surface area contributed by atoms with Gasteiger partial charge < -0.3 is 38.2 Å². The third-order valence-electron chi connectivity index (χ3n) is 6.90. The maximum absolute atomic E-state index is 12.7. The first-order chi connectivity index (χ1) is 18.5. The molecule has 7 nitrogen and oxygen atoms in total. The number of aryl methyl sites for hydroxylation is 1. The minimum atomic E-state index is -0.637. The van der Waals surface area contributed by atoms with Crippen LogP contribution in [0.5, 0.6) is 0 Å². The second-order valence-corrected chi connectivity index (χ2v) is 9.56. The summed E-state index contributed by atoms with van der Waals surface area (Å²) in [5, 5.41) is 0. The van der Waals surface area contributed by atoms with Crippen LogP contribution in [0, 0.1) is 5.92 Å². The smallest absolute Gasteiger partial charge is 0.417 e. The summed E-state index contributed by atoms with van der Waals surface area (Å²) in [6.07, 6.45) is 2.43. The number of pyridine rings is 1. The van der Waals surface area contributed by atoms with Gasteiger partial charge in [-0.3, -0.25) is 4.79 Å². The van der Waals surface area contributed by atoms with Crippen molar-refractivity contribution in [2.45, 2.75) is 52.0 Å². The Balaban J connectivity index is 0.00000420. The molecule has 39 heavy (non-hydrogen) atoms. The molecule has 3 aromatic rings. The normalized spacial score (nSPS) is 16.5. The van der Waals surface area contributed by atoms with Gasteiger partial charge in [0.25, 0.3) is 0 Å². The molecule has 1 aliphatic heterocycles. The number of rotatable bonds is 11. The number of ether oxygens (including phenoxy) is 3. The van der Waals surface area contributed by atoms with Gasteiger partial charge in [-0.1, -0.05) is 66.7 Å². The van der Waals surface area contributed by atoms with Gasteiger partial charge in [0.05, 0.1) is 19.8 Å². The average Bonchev–Trinajstić information content (AvgIpc) is 3.41. The van der Waals surface area contributed by atoms with E-state index < -0.39 is 6.09 Å². The average molecular weight is 645 g/mol. The SMILES string of the molecule is CC[n+]1ccccc1CN(C(C)=O)C(=O)OCC1COC(OCCC(c2ccccc2)c2ccccc2)C1.[I-]. The molecule has 1 saturated heterocycles. The number of benzene rings is 2. The van der Waals surface area contributed by atoms with Gasteiger partial charge in [-0.25, -0.2) is 14.3 Å². The molecule has 0 saturated carbocycles. The van der Waals surface area contributed by atoms with Crippen molar-refractivity contribution in [2.24, 2.45) is 5.92 Å². The molecule has 2 amide bonds. The third kappa shape index (κ3) is 8.84.